The van der Waals surface area contributed by atoms with Gasteiger partial charge < -0.3 is 9.88 Å². The summed E-state index contributed by atoms with van der Waals surface area (Å²) in [5, 5.41) is 11.6. The second-order valence-electron chi connectivity index (χ2n) is 5.26. The number of hydrogen-bond acceptors (Lipinski definition) is 5. The van der Waals surface area contributed by atoms with Gasteiger partial charge in [-0.2, -0.15) is 0 Å². The predicted octanol–water partition coefficient (Wildman–Crippen LogP) is 2.42. The van der Waals surface area contributed by atoms with Crippen molar-refractivity contribution < 1.29 is 9.18 Å². The van der Waals surface area contributed by atoms with Gasteiger partial charge in [0.1, 0.15) is 5.82 Å². The average Bonchev–Trinajstić information content (AvgIpc) is 3.00. The van der Waals surface area contributed by atoms with Gasteiger partial charge in [0, 0.05) is 37.1 Å². The Morgan fingerprint density at radius 1 is 1.24 bits per heavy atom. The van der Waals surface area contributed by atoms with Crippen molar-refractivity contribution in [1.29, 1.82) is 0 Å². The monoisotopic (exact) mass is 357 g/mol. The summed E-state index contributed by atoms with van der Waals surface area (Å²) in [4.78, 5) is 16.0. The molecule has 0 aliphatic heterocycles. The Hall–Kier alpha value is -2.74. The van der Waals surface area contributed by atoms with Crippen LogP contribution in [0.25, 0.3) is 11.4 Å². The van der Waals surface area contributed by atoms with Crippen molar-refractivity contribution in [3.63, 3.8) is 0 Å². The van der Waals surface area contributed by atoms with Crippen molar-refractivity contribution >= 4 is 17.7 Å². The third kappa shape index (κ3) is 4.21. The fourth-order valence-electron chi connectivity index (χ4n) is 2.20. The number of thioether (sulfide) groups is 1. The molecule has 1 N–H and O–H groups in total. The van der Waals surface area contributed by atoms with E-state index in [1.54, 1.807) is 30.6 Å². The molecule has 0 aliphatic carbocycles. The molecule has 8 heteroatoms. The van der Waals surface area contributed by atoms with Gasteiger partial charge in [0.2, 0.25) is 5.91 Å². The number of hydrogen-bond donors (Lipinski definition) is 1. The van der Waals surface area contributed by atoms with Crippen molar-refractivity contribution in [1.82, 2.24) is 25.1 Å². The van der Waals surface area contributed by atoms with Crippen molar-refractivity contribution in [2.45, 2.75) is 11.7 Å². The Morgan fingerprint density at radius 2 is 2.08 bits per heavy atom. The molecule has 3 aromatic rings. The van der Waals surface area contributed by atoms with Crippen LogP contribution in [-0.4, -0.2) is 31.4 Å². The van der Waals surface area contributed by atoms with Gasteiger partial charge in [-0.25, -0.2) is 4.39 Å². The summed E-state index contributed by atoms with van der Waals surface area (Å²) in [7, 11) is 1.84. The first kappa shape index (κ1) is 17.1. The van der Waals surface area contributed by atoms with Crippen molar-refractivity contribution in [3.05, 3.63) is 60.2 Å². The number of pyridine rings is 1. The van der Waals surface area contributed by atoms with Crippen molar-refractivity contribution in [2.75, 3.05) is 5.75 Å². The van der Waals surface area contributed by atoms with Gasteiger partial charge in [-0.3, -0.25) is 9.78 Å². The van der Waals surface area contributed by atoms with E-state index < -0.39 is 0 Å². The highest BCUT2D eigenvalue weighted by Gasteiger charge is 2.13. The van der Waals surface area contributed by atoms with E-state index in [1.807, 2.05) is 23.7 Å². The lowest BCUT2D eigenvalue weighted by molar-refractivity contribution is -0.118. The van der Waals surface area contributed by atoms with E-state index in [2.05, 4.69) is 20.5 Å². The minimum Gasteiger partial charge on any atom is -0.351 e. The molecule has 0 saturated carbocycles. The lowest BCUT2D eigenvalue weighted by Crippen LogP contribution is -2.25. The number of carbonyl (C=O) groups is 1. The van der Waals surface area contributed by atoms with E-state index in [1.165, 1.54) is 17.8 Å². The zero-order chi connectivity index (χ0) is 17.6. The molecule has 2 aromatic heterocycles. The fraction of sp³-hybridized carbons (Fsp3) is 0.176. The largest absolute Gasteiger partial charge is 0.351 e. The van der Waals surface area contributed by atoms with E-state index >= 15 is 0 Å². The smallest absolute Gasteiger partial charge is 0.230 e. The molecule has 2 heterocycles. The number of carbonyl (C=O) groups excluding carboxylic acids is 1. The van der Waals surface area contributed by atoms with Crippen LogP contribution in [0.2, 0.25) is 0 Å². The van der Waals surface area contributed by atoms with Gasteiger partial charge in [-0.05, 0) is 18.2 Å². The molecule has 0 radical (unpaired) electrons. The molecule has 1 aromatic carbocycles. The maximum Gasteiger partial charge on any atom is 0.230 e. The number of rotatable bonds is 6. The number of nitrogens with zero attached hydrogens (tertiary/aromatic N) is 4. The Morgan fingerprint density at radius 3 is 2.84 bits per heavy atom. The first-order valence-electron chi connectivity index (χ1n) is 7.58. The van der Waals surface area contributed by atoms with E-state index in [0.29, 0.717) is 16.5 Å². The second-order valence-corrected chi connectivity index (χ2v) is 6.21. The van der Waals surface area contributed by atoms with Gasteiger partial charge in [0.05, 0.1) is 5.75 Å². The van der Waals surface area contributed by atoms with Crippen LogP contribution in [0, 0.1) is 5.82 Å². The predicted molar refractivity (Wildman–Crippen MR) is 93.2 cm³/mol. The number of benzene rings is 1. The van der Waals surface area contributed by atoms with Crippen LogP contribution in [0.4, 0.5) is 4.39 Å². The standard InChI is InChI=1S/C17H16FN5OS/c1-23-16(13-6-4-8-19-9-13)21-22-17(23)25-11-15(24)20-10-12-5-2-3-7-14(12)18/h2-9H,10-11H2,1H3,(H,20,24). The first-order valence-corrected chi connectivity index (χ1v) is 8.56. The number of nitrogens with one attached hydrogen (secondary N) is 1. The molecule has 0 aliphatic rings. The zero-order valence-electron chi connectivity index (χ0n) is 13.5. The Balaban J connectivity index is 1.56. The average molecular weight is 357 g/mol. The molecule has 25 heavy (non-hydrogen) atoms. The summed E-state index contributed by atoms with van der Waals surface area (Å²) in [6, 6.07) is 10.1. The molecule has 0 unspecified atom stereocenters. The Bertz CT molecular complexity index is 868. The van der Waals surface area contributed by atoms with Gasteiger partial charge in [0.25, 0.3) is 0 Å². The molecule has 0 atom stereocenters. The highest BCUT2D eigenvalue weighted by Crippen LogP contribution is 2.21. The quantitative estimate of drug-likeness (QED) is 0.686. The summed E-state index contributed by atoms with van der Waals surface area (Å²) in [6.45, 7) is 0.159. The summed E-state index contributed by atoms with van der Waals surface area (Å²) >= 11 is 1.27. The summed E-state index contributed by atoms with van der Waals surface area (Å²) in [6.07, 6.45) is 3.40. The maximum absolute atomic E-state index is 13.5. The van der Waals surface area contributed by atoms with Gasteiger partial charge >= 0.3 is 0 Å². The zero-order valence-corrected chi connectivity index (χ0v) is 14.3. The Kier molecular flexibility index (Phi) is 5.39. The number of halogens is 1. The van der Waals surface area contributed by atoms with Gasteiger partial charge in [-0.1, -0.05) is 30.0 Å². The third-order valence-electron chi connectivity index (χ3n) is 3.52. The number of aromatic nitrogens is 4. The normalized spacial score (nSPS) is 10.6. The van der Waals surface area contributed by atoms with Crippen LogP contribution >= 0.6 is 11.8 Å². The Labute approximate surface area is 148 Å². The summed E-state index contributed by atoms with van der Waals surface area (Å²) < 4.78 is 15.3. The summed E-state index contributed by atoms with van der Waals surface area (Å²) in [5.74, 6) is 0.333. The molecule has 0 bridgehead atoms. The minimum absolute atomic E-state index is 0.159. The van der Waals surface area contributed by atoms with Crippen LogP contribution in [0.15, 0.2) is 53.9 Å². The molecular formula is C17H16FN5OS. The summed E-state index contributed by atoms with van der Waals surface area (Å²) in [5.41, 5.74) is 1.31. The van der Waals surface area contributed by atoms with Crippen LogP contribution < -0.4 is 5.32 Å². The van der Waals surface area contributed by atoms with Crippen LogP contribution in [0.1, 0.15) is 5.56 Å². The van der Waals surface area contributed by atoms with E-state index in [-0.39, 0.29) is 24.0 Å². The lowest BCUT2D eigenvalue weighted by Gasteiger charge is -2.06. The molecule has 1 amide bonds. The first-order chi connectivity index (χ1) is 12.1. The second kappa shape index (κ2) is 7.89. The highest BCUT2D eigenvalue weighted by molar-refractivity contribution is 7.99. The van der Waals surface area contributed by atoms with Crippen molar-refractivity contribution in [2.24, 2.45) is 7.05 Å². The van der Waals surface area contributed by atoms with Gasteiger partial charge in [0.15, 0.2) is 11.0 Å². The SMILES string of the molecule is Cn1c(SCC(=O)NCc2ccccc2F)nnc1-c1cccnc1. The topological polar surface area (TPSA) is 72.7 Å². The fourth-order valence-corrected chi connectivity index (χ4v) is 2.94. The molecule has 0 fully saturated rings. The van der Waals surface area contributed by atoms with Crippen LogP contribution in [-0.2, 0) is 18.4 Å². The van der Waals surface area contributed by atoms with E-state index in [9.17, 15) is 9.18 Å². The van der Waals surface area contributed by atoms with E-state index in [0.717, 1.165) is 5.56 Å². The molecule has 0 spiro atoms. The molecule has 0 saturated heterocycles. The van der Waals surface area contributed by atoms with Crippen molar-refractivity contribution in [3.8, 4) is 11.4 Å². The van der Waals surface area contributed by atoms with Gasteiger partial charge in [-0.15, -0.1) is 10.2 Å². The number of amides is 1. The lowest BCUT2D eigenvalue weighted by atomic mass is 10.2. The minimum atomic E-state index is -0.329. The highest BCUT2D eigenvalue weighted by atomic mass is 32.2. The van der Waals surface area contributed by atoms with Crippen LogP contribution in [0.5, 0.6) is 0 Å². The third-order valence-corrected chi connectivity index (χ3v) is 4.54. The molecule has 3 rings (SSSR count). The van der Waals surface area contributed by atoms with Crippen LogP contribution in [0.3, 0.4) is 0 Å². The maximum atomic E-state index is 13.5. The van der Waals surface area contributed by atoms with E-state index in [4.69, 9.17) is 0 Å². The molecular weight excluding hydrogens is 341 g/mol. The molecule has 6 nitrogen and oxygen atoms in total. The molecule has 128 valence electrons.